The highest BCUT2D eigenvalue weighted by molar-refractivity contribution is 7.89. The van der Waals surface area contributed by atoms with E-state index in [1.807, 2.05) is 26.0 Å². The molecule has 1 N–H and O–H groups in total. The Morgan fingerprint density at radius 3 is 2.43 bits per heavy atom. The van der Waals surface area contributed by atoms with E-state index in [-0.39, 0.29) is 10.5 Å². The predicted molar refractivity (Wildman–Crippen MR) is 106 cm³/mol. The molecule has 0 aliphatic carbocycles. The van der Waals surface area contributed by atoms with Crippen molar-refractivity contribution in [1.82, 2.24) is 4.31 Å². The molecule has 0 atom stereocenters. The molecular formula is C20H24N2O5S. The minimum Gasteiger partial charge on any atom is -0.496 e. The van der Waals surface area contributed by atoms with Gasteiger partial charge in [-0.3, -0.25) is 4.79 Å². The molecule has 2 aromatic rings. The first-order valence-corrected chi connectivity index (χ1v) is 10.4. The van der Waals surface area contributed by atoms with Crippen LogP contribution in [0.15, 0.2) is 41.3 Å². The highest BCUT2D eigenvalue weighted by atomic mass is 32.2. The van der Waals surface area contributed by atoms with Crippen LogP contribution in [0.2, 0.25) is 0 Å². The van der Waals surface area contributed by atoms with Crippen molar-refractivity contribution < 1.29 is 22.7 Å². The fourth-order valence-electron chi connectivity index (χ4n) is 2.98. The van der Waals surface area contributed by atoms with Crippen LogP contribution in [-0.4, -0.2) is 52.0 Å². The summed E-state index contributed by atoms with van der Waals surface area (Å²) in [7, 11) is -2.27. The Labute approximate surface area is 165 Å². The lowest BCUT2D eigenvalue weighted by molar-refractivity contribution is 0.0730. The molecule has 0 bridgehead atoms. The molecule has 1 fully saturated rings. The van der Waals surface area contributed by atoms with Crippen molar-refractivity contribution in [2.24, 2.45) is 0 Å². The molecule has 1 amide bonds. The zero-order valence-corrected chi connectivity index (χ0v) is 17.0. The Kier molecular flexibility index (Phi) is 6.02. The van der Waals surface area contributed by atoms with E-state index in [0.29, 0.717) is 37.7 Å². The van der Waals surface area contributed by atoms with Crippen LogP contribution in [0, 0.1) is 13.8 Å². The summed E-state index contributed by atoms with van der Waals surface area (Å²) in [6.07, 6.45) is 0. The number of carbonyl (C=O) groups is 1. The number of morpholine rings is 1. The molecule has 1 aliphatic rings. The quantitative estimate of drug-likeness (QED) is 0.828. The predicted octanol–water partition coefficient (Wildman–Crippen LogP) is 2.59. The highest BCUT2D eigenvalue weighted by Gasteiger charge is 2.28. The lowest BCUT2D eigenvalue weighted by Crippen LogP contribution is -2.40. The fourth-order valence-corrected chi connectivity index (χ4v) is 4.41. The second kappa shape index (κ2) is 8.30. The summed E-state index contributed by atoms with van der Waals surface area (Å²) in [4.78, 5) is 12.9. The molecule has 8 heteroatoms. The van der Waals surface area contributed by atoms with Crippen molar-refractivity contribution in [2.45, 2.75) is 18.7 Å². The number of methoxy groups -OCH3 is 1. The summed E-state index contributed by atoms with van der Waals surface area (Å²) in [5.74, 6) is -0.124. The Hall–Kier alpha value is -2.42. The maximum atomic E-state index is 12.9. The van der Waals surface area contributed by atoms with E-state index in [1.165, 1.54) is 29.6 Å². The van der Waals surface area contributed by atoms with Gasteiger partial charge in [0.25, 0.3) is 5.91 Å². The molecule has 150 valence electrons. The maximum absolute atomic E-state index is 12.9. The number of hydrogen-bond acceptors (Lipinski definition) is 5. The zero-order valence-electron chi connectivity index (χ0n) is 16.2. The average molecular weight is 404 g/mol. The van der Waals surface area contributed by atoms with Crippen LogP contribution in [0.3, 0.4) is 0 Å². The summed E-state index contributed by atoms with van der Waals surface area (Å²) >= 11 is 0. The second-order valence-corrected chi connectivity index (χ2v) is 8.57. The third-order valence-corrected chi connectivity index (χ3v) is 6.68. The van der Waals surface area contributed by atoms with Crippen molar-refractivity contribution in [2.75, 3.05) is 38.7 Å². The largest absolute Gasteiger partial charge is 0.496 e. The molecule has 1 saturated heterocycles. The molecule has 0 spiro atoms. The summed E-state index contributed by atoms with van der Waals surface area (Å²) in [6.45, 7) is 5.24. The topological polar surface area (TPSA) is 84.9 Å². The molecular weight excluding hydrogens is 380 g/mol. The van der Waals surface area contributed by atoms with Gasteiger partial charge in [-0.1, -0.05) is 6.07 Å². The van der Waals surface area contributed by atoms with Crippen LogP contribution >= 0.6 is 0 Å². The van der Waals surface area contributed by atoms with Gasteiger partial charge < -0.3 is 14.8 Å². The van der Waals surface area contributed by atoms with Crippen LogP contribution < -0.4 is 10.1 Å². The van der Waals surface area contributed by atoms with Gasteiger partial charge in [0.05, 0.1) is 30.8 Å². The third kappa shape index (κ3) is 4.19. The number of nitrogens with one attached hydrogen (secondary N) is 1. The average Bonchev–Trinajstić information content (AvgIpc) is 2.70. The van der Waals surface area contributed by atoms with Crippen LogP contribution in [0.4, 0.5) is 5.69 Å². The molecule has 3 rings (SSSR count). The van der Waals surface area contributed by atoms with E-state index in [2.05, 4.69) is 5.32 Å². The monoisotopic (exact) mass is 404 g/mol. The number of rotatable bonds is 5. The molecule has 1 aliphatic heterocycles. The molecule has 0 radical (unpaired) electrons. The number of sulfonamides is 1. The highest BCUT2D eigenvalue weighted by Crippen LogP contribution is 2.26. The number of ether oxygens (including phenoxy) is 2. The lowest BCUT2D eigenvalue weighted by Gasteiger charge is -2.26. The van der Waals surface area contributed by atoms with Crippen molar-refractivity contribution >= 4 is 21.6 Å². The molecule has 7 nitrogen and oxygen atoms in total. The minimum absolute atomic E-state index is 0.0560. The van der Waals surface area contributed by atoms with E-state index in [9.17, 15) is 13.2 Å². The number of amides is 1. The van der Waals surface area contributed by atoms with E-state index in [1.54, 1.807) is 6.07 Å². The van der Waals surface area contributed by atoms with Crippen molar-refractivity contribution in [3.8, 4) is 5.75 Å². The van der Waals surface area contributed by atoms with Crippen molar-refractivity contribution in [1.29, 1.82) is 0 Å². The molecule has 0 aromatic heterocycles. The standard InChI is InChI=1S/C20H24N2O5S/c1-14-4-5-16(12-15(14)2)21-20(23)18-13-17(6-7-19(18)26-3)28(24,25)22-8-10-27-11-9-22/h4-7,12-13H,8-11H2,1-3H3,(H,21,23). The van der Waals surface area contributed by atoms with Gasteiger partial charge in [0.2, 0.25) is 10.0 Å². The SMILES string of the molecule is COc1ccc(S(=O)(=O)N2CCOCC2)cc1C(=O)Nc1ccc(C)c(C)c1. The number of hydrogen-bond donors (Lipinski definition) is 1. The van der Waals surface area contributed by atoms with Gasteiger partial charge >= 0.3 is 0 Å². The fraction of sp³-hybridized carbons (Fsp3) is 0.350. The van der Waals surface area contributed by atoms with Gasteiger partial charge in [-0.05, 0) is 55.3 Å². The molecule has 0 unspecified atom stereocenters. The van der Waals surface area contributed by atoms with E-state index < -0.39 is 15.9 Å². The lowest BCUT2D eigenvalue weighted by atomic mass is 10.1. The molecule has 0 saturated carbocycles. The summed E-state index contributed by atoms with van der Waals surface area (Å²) in [6, 6.07) is 9.91. The van der Waals surface area contributed by atoms with Crippen LogP contribution in [0.5, 0.6) is 5.75 Å². The molecule has 2 aromatic carbocycles. The zero-order chi connectivity index (χ0) is 20.3. The normalized spacial score (nSPS) is 15.2. The van der Waals surface area contributed by atoms with Crippen molar-refractivity contribution in [3.05, 3.63) is 53.1 Å². The van der Waals surface area contributed by atoms with E-state index in [4.69, 9.17) is 9.47 Å². The number of anilines is 1. The number of aryl methyl sites for hydroxylation is 2. The van der Waals surface area contributed by atoms with Gasteiger partial charge in [-0.25, -0.2) is 8.42 Å². The first-order chi connectivity index (χ1) is 13.3. The van der Waals surface area contributed by atoms with Gasteiger partial charge in [0, 0.05) is 18.8 Å². The summed E-state index contributed by atoms with van der Waals surface area (Å²) in [5, 5.41) is 2.81. The van der Waals surface area contributed by atoms with Crippen molar-refractivity contribution in [3.63, 3.8) is 0 Å². The summed E-state index contributed by atoms with van der Waals surface area (Å²) < 4.78 is 37.7. The van der Waals surface area contributed by atoms with Gasteiger partial charge in [-0.15, -0.1) is 0 Å². The third-order valence-electron chi connectivity index (χ3n) is 4.79. The number of carbonyl (C=O) groups excluding carboxylic acids is 1. The minimum atomic E-state index is -3.71. The van der Waals surface area contributed by atoms with Crippen LogP contribution in [0.1, 0.15) is 21.5 Å². The second-order valence-electron chi connectivity index (χ2n) is 6.63. The summed E-state index contributed by atoms with van der Waals surface area (Å²) in [5.41, 5.74) is 2.97. The Morgan fingerprint density at radius 2 is 1.79 bits per heavy atom. The first kappa shape index (κ1) is 20.3. The van der Waals surface area contributed by atoms with E-state index in [0.717, 1.165) is 11.1 Å². The van der Waals surface area contributed by atoms with Crippen LogP contribution in [-0.2, 0) is 14.8 Å². The van der Waals surface area contributed by atoms with Gasteiger partial charge in [0.15, 0.2) is 0 Å². The van der Waals surface area contributed by atoms with E-state index >= 15 is 0 Å². The molecule has 1 heterocycles. The van der Waals surface area contributed by atoms with Crippen LogP contribution in [0.25, 0.3) is 0 Å². The molecule has 28 heavy (non-hydrogen) atoms. The van der Waals surface area contributed by atoms with Gasteiger partial charge in [-0.2, -0.15) is 4.31 Å². The first-order valence-electron chi connectivity index (χ1n) is 8.97. The smallest absolute Gasteiger partial charge is 0.259 e. The maximum Gasteiger partial charge on any atom is 0.259 e. The van der Waals surface area contributed by atoms with Gasteiger partial charge in [0.1, 0.15) is 5.75 Å². The Balaban J connectivity index is 1.92. The Bertz CT molecular complexity index is 982. The number of nitrogens with zero attached hydrogens (tertiary/aromatic N) is 1. The Morgan fingerprint density at radius 1 is 1.07 bits per heavy atom. The number of benzene rings is 2.